The number of hydrogen-bond donors (Lipinski definition) is 3. The van der Waals surface area contributed by atoms with Crippen molar-refractivity contribution in [2.75, 3.05) is 18.8 Å². The van der Waals surface area contributed by atoms with Crippen LogP contribution in [0.3, 0.4) is 0 Å². The van der Waals surface area contributed by atoms with E-state index in [1.165, 1.54) is 18.2 Å². The van der Waals surface area contributed by atoms with Gasteiger partial charge in [-0.2, -0.15) is 0 Å². The van der Waals surface area contributed by atoms with Crippen LogP contribution in [0.2, 0.25) is 0 Å². The van der Waals surface area contributed by atoms with Gasteiger partial charge in [-0.1, -0.05) is 13.8 Å². The van der Waals surface area contributed by atoms with Crippen LogP contribution in [0.5, 0.6) is 0 Å². The molecule has 20 heavy (non-hydrogen) atoms. The minimum Gasteiger partial charge on any atom is -0.398 e. The highest BCUT2D eigenvalue weighted by molar-refractivity contribution is 9.10. The zero-order valence-corrected chi connectivity index (χ0v) is 13.7. The van der Waals surface area contributed by atoms with Crippen molar-refractivity contribution in [2.45, 2.75) is 18.7 Å². The van der Waals surface area contributed by atoms with Crippen molar-refractivity contribution in [1.82, 2.24) is 10.0 Å². The van der Waals surface area contributed by atoms with Gasteiger partial charge in [0.1, 0.15) is 0 Å². The van der Waals surface area contributed by atoms with E-state index in [4.69, 9.17) is 5.73 Å². The summed E-state index contributed by atoms with van der Waals surface area (Å²) in [5.74, 6) is -0.0552. The van der Waals surface area contributed by atoms with Crippen LogP contribution in [0.4, 0.5) is 5.69 Å². The van der Waals surface area contributed by atoms with Crippen LogP contribution in [0.25, 0.3) is 0 Å². The van der Waals surface area contributed by atoms with Gasteiger partial charge >= 0.3 is 0 Å². The molecule has 0 bridgehead atoms. The molecule has 8 heteroatoms. The Labute approximate surface area is 127 Å². The summed E-state index contributed by atoms with van der Waals surface area (Å²) in [5, 5.41) is 2.63. The van der Waals surface area contributed by atoms with E-state index >= 15 is 0 Å². The van der Waals surface area contributed by atoms with Gasteiger partial charge in [0.05, 0.1) is 11.4 Å². The average Bonchev–Trinajstić information content (AvgIpc) is 2.37. The Morgan fingerprint density at radius 2 is 2.05 bits per heavy atom. The van der Waals surface area contributed by atoms with Gasteiger partial charge < -0.3 is 11.1 Å². The molecule has 0 saturated carbocycles. The first kappa shape index (κ1) is 16.9. The molecule has 0 aromatic heterocycles. The molecule has 1 aromatic carbocycles. The van der Waals surface area contributed by atoms with Crippen LogP contribution < -0.4 is 15.8 Å². The lowest BCUT2D eigenvalue weighted by Crippen LogP contribution is -2.38. The number of nitrogens with one attached hydrogen (secondary N) is 2. The van der Waals surface area contributed by atoms with Crippen LogP contribution in [-0.2, 0) is 14.8 Å². The average molecular weight is 364 g/mol. The van der Waals surface area contributed by atoms with E-state index < -0.39 is 10.0 Å². The van der Waals surface area contributed by atoms with Gasteiger partial charge in [0.2, 0.25) is 15.9 Å². The summed E-state index contributed by atoms with van der Waals surface area (Å²) in [6.45, 7) is 4.12. The highest BCUT2D eigenvalue weighted by Gasteiger charge is 2.16. The van der Waals surface area contributed by atoms with Gasteiger partial charge in [0.15, 0.2) is 0 Å². The molecular formula is C12H18BrN3O3S. The van der Waals surface area contributed by atoms with Crippen LogP contribution in [0.1, 0.15) is 13.8 Å². The van der Waals surface area contributed by atoms with Crippen molar-refractivity contribution in [3.63, 3.8) is 0 Å². The predicted molar refractivity (Wildman–Crippen MR) is 81.6 cm³/mol. The van der Waals surface area contributed by atoms with Crippen molar-refractivity contribution in [1.29, 1.82) is 0 Å². The monoisotopic (exact) mass is 363 g/mol. The van der Waals surface area contributed by atoms with E-state index in [-0.39, 0.29) is 17.3 Å². The number of nitrogens with two attached hydrogens (primary N) is 1. The molecule has 0 fully saturated rings. The minimum absolute atomic E-state index is 0.0511. The van der Waals surface area contributed by atoms with Crippen molar-refractivity contribution in [3.05, 3.63) is 22.7 Å². The molecule has 1 rings (SSSR count). The molecular weight excluding hydrogens is 346 g/mol. The maximum atomic E-state index is 12.0. The van der Waals surface area contributed by atoms with E-state index in [0.717, 1.165) is 0 Å². The van der Waals surface area contributed by atoms with E-state index in [0.29, 0.717) is 22.6 Å². The smallest absolute Gasteiger partial charge is 0.241 e. The summed E-state index contributed by atoms with van der Waals surface area (Å²) in [7, 11) is -3.73. The third-order valence-corrected chi connectivity index (χ3v) is 4.50. The van der Waals surface area contributed by atoms with Crippen LogP contribution in [0, 0.1) is 5.92 Å². The first-order chi connectivity index (χ1) is 9.22. The van der Waals surface area contributed by atoms with Gasteiger partial charge in [-0.15, -0.1) is 0 Å². The molecule has 0 atom stereocenters. The van der Waals surface area contributed by atoms with Gasteiger partial charge in [0.25, 0.3) is 0 Å². The molecule has 112 valence electrons. The number of benzene rings is 1. The van der Waals surface area contributed by atoms with E-state index in [9.17, 15) is 13.2 Å². The largest absolute Gasteiger partial charge is 0.398 e. The number of carbonyl (C=O) groups excluding carboxylic acids is 1. The molecule has 0 heterocycles. The number of sulfonamides is 1. The molecule has 1 amide bonds. The standard InChI is InChI=1S/C12H18BrN3O3S/c1-8(2)6-15-12(17)7-16-20(18,19)9-3-4-11(14)10(13)5-9/h3-5,8,16H,6-7,14H2,1-2H3,(H,15,17). The molecule has 0 aliphatic heterocycles. The molecule has 0 aliphatic carbocycles. The maximum Gasteiger partial charge on any atom is 0.241 e. The topological polar surface area (TPSA) is 101 Å². The number of halogens is 1. The third kappa shape index (κ3) is 5.10. The highest BCUT2D eigenvalue weighted by atomic mass is 79.9. The quantitative estimate of drug-likeness (QED) is 0.658. The maximum absolute atomic E-state index is 12.0. The summed E-state index contributed by atoms with van der Waals surface area (Å²) >= 11 is 3.16. The van der Waals surface area contributed by atoms with Gasteiger partial charge in [-0.25, -0.2) is 13.1 Å². The Hall–Kier alpha value is -1.12. The molecule has 0 aliphatic rings. The molecule has 4 N–H and O–H groups in total. The number of hydrogen-bond acceptors (Lipinski definition) is 4. The fourth-order valence-electron chi connectivity index (χ4n) is 1.30. The summed E-state index contributed by atoms with van der Waals surface area (Å²) < 4.78 is 26.7. The SMILES string of the molecule is CC(C)CNC(=O)CNS(=O)(=O)c1ccc(N)c(Br)c1. The summed E-state index contributed by atoms with van der Waals surface area (Å²) in [5.41, 5.74) is 6.04. The third-order valence-electron chi connectivity index (χ3n) is 2.41. The molecule has 0 spiro atoms. The van der Waals surface area contributed by atoms with Crippen molar-refractivity contribution >= 4 is 37.5 Å². The predicted octanol–water partition coefficient (Wildman–Crippen LogP) is 1.08. The van der Waals surface area contributed by atoms with Crippen molar-refractivity contribution in [3.8, 4) is 0 Å². The lowest BCUT2D eigenvalue weighted by molar-refractivity contribution is -0.120. The fourth-order valence-corrected chi connectivity index (χ4v) is 2.84. The first-order valence-electron chi connectivity index (χ1n) is 6.04. The van der Waals surface area contributed by atoms with E-state index in [2.05, 4.69) is 26.0 Å². The zero-order valence-electron chi connectivity index (χ0n) is 11.3. The van der Waals surface area contributed by atoms with Crippen molar-refractivity contribution in [2.24, 2.45) is 5.92 Å². The van der Waals surface area contributed by atoms with Crippen LogP contribution >= 0.6 is 15.9 Å². The van der Waals surface area contributed by atoms with Crippen LogP contribution in [0.15, 0.2) is 27.6 Å². The van der Waals surface area contributed by atoms with E-state index in [1.807, 2.05) is 13.8 Å². The lowest BCUT2D eigenvalue weighted by Gasteiger charge is -2.10. The summed E-state index contributed by atoms with van der Waals surface area (Å²) in [6.07, 6.45) is 0. The number of nitrogen functional groups attached to an aromatic ring is 1. The highest BCUT2D eigenvalue weighted by Crippen LogP contribution is 2.22. The van der Waals surface area contributed by atoms with Gasteiger partial charge in [0, 0.05) is 16.7 Å². The second-order valence-electron chi connectivity index (χ2n) is 4.71. The Morgan fingerprint density at radius 3 is 2.60 bits per heavy atom. The summed E-state index contributed by atoms with van der Waals surface area (Å²) in [4.78, 5) is 11.5. The number of rotatable bonds is 6. The molecule has 1 aromatic rings. The normalized spacial score (nSPS) is 11.6. The Balaban J connectivity index is 2.66. The van der Waals surface area contributed by atoms with Gasteiger partial charge in [-0.05, 0) is 40.0 Å². The first-order valence-corrected chi connectivity index (χ1v) is 8.31. The number of anilines is 1. The van der Waals surface area contributed by atoms with Crippen LogP contribution in [-0.4, -0.2) is 27.4 Å². The Morgan fingerprint density at radius 1 is 1.40 bits per heavy atom. The van der Waals surface area contributed by atoms with E-state index in [1.54, 1.807) is 0 Å². The molecule has 0 radical (unpaired) electrons. The number of amides is 1. The Bertz CT molecular complexity index is 588. The molecule has 0 unspecified atom stereocenters. The lowest BCUT2D eigenvalue weighted by atomic mass is 10.2. The zero-order chi connectivity index (χ0) is 15.3. The second-order valence-corrected chi connectivity index (χ2v) is 7.33. The molecule has 6 nitrogen and oxygen atoms in total. The minimum atomic E-state index is -3.73. The Kier molecular flexibility index (Phi) is 5.97. The fraction of sp³-hybridized carbons (Fsp3) is 0.417. The molecule has 0 saturated heterocycles. The van der Waals surface area contributed by atoms with Crippen molar-refractivity contribution < 1.29 is 13.2 Å². The number of carbonyl (C=O) groups is 1. The summed E-state index contributed by atoms with van der Waals surface area (Å²) in [6, 6.07) is 4.26. The van der Waals surface area contributed by atoms with Gasteiger partial charge in [-0.3, -0.25) is 4.79 Å². The second kappa shape index (κ2) is 7.05.